The third-order valence-electron chi connectivity index (χ3n) is 5.07. The van der Waals surface area contributed by atoms with Crippen LogP contribution in [0.5, 0.6) is 0 Å². The van der Waals surface area contributed by atoms with Crippen molar-refractivity contribution in [1.82, 2.24) is 9.55 Å². The molecule has 0 aliphatic carbocycles. The van der Waals surface area contributed by atoms with Crippen molar-refractivity contribution in [3.05, 3.63) is 63.8 Å². The zero-order valence-electron chi connectivity index (χ0n) is 16.0. The van der Waals surface area contributed by atoms with Gasteiger partial charge in [0.25, 0.3) is 0 Å². The van der Waals surface area contributed by atoms with Crippen LogP contribution < -0.4 is 0 Å². The predicted octanol–water partition coefficient (Wildman–Crippen LogP) is 7.96. The van der Waals surface area contributed by atoms with E-state index in [0.29, 0.717) is 5.92 Å². The summed E-state index contributed by atoms with van der Waals surface area (Å²) < 4.78 is 4.53. The molecule has 3 aromatic rings. The molecular formula is C23H26Br2N2. The molecule has 0 fully saturated rings. The van der Waals surface area contributed by atoms with Gasteiger partial charge in [0.2, 0.25) is 0 Å². The second kappa shape index (κ2) is 9.70. The largest absolute Gasteiger partial charge is 0.330 e. The Labute approximate surface area is 179 Å². The summed E-state index contributed by atoms with van der Waals surface area (Å²) in [6, 6.07) is 17.0. The molecule has 0 saturated heterocycles. The summed E-state index contributed by atoms with van der Waals surface area (Å²) in [4.78, 5) is 4.82. The van der Waals surface area contributed by atoms with Gasteiger partial charge in [-0.05, 0) is 36.6 Å². The summed E-state index contributed by atoms with van der Waals surface area (Å²) in [6.45, 7) is 5.58. The summed E-state index contributed by atoms with van der Waals surface area (Å²) in [5, 5.41) is 0. The van der Waals surface area contributed by atoms with E-state index in [1.54, 1.807) is 0 Å². The highest BCUT2D eigenvalue weighted by Crippen LogP contribution is 2.33. The van der Waals surface area contributed by atoms with E-state index < -0.39 is 0 Å². The van der Waals surface area contributed by atoms with Crippen molar-refractivity contribution in [1.29, 1.82) is 0 Å². The Bertz CT molecular complexity index is 851. The Balaban J connectivity index is 2.02. The molecule has 3 rings (SSSR count). The number of unbranched alkanes of at least 4 members (excludes halogenated alkanes) is 1. The van der Waals surface area contributed by atoms with Crippen LogP contribution in [0.3, 0.4) is 0 Å². The van der Waals surface area contributed by atoms with Crippen LogP contribution in [0.25, 0.3) is 22.5 Å². The number of aromatic nitrogens is 2. The second-order valence-corrected chi connectivity index (χ2v) is 8.86. The molecule has 1 heterocycles. The van der Waals surface area contributed by atoms with E-state index in [1.165, 1.54) is 36.9 Å². The quantitative estimate of drug-likeness (QED) is 0.313. The van der Waals surface area contributed by atoms with Gasteiger partial charge in [-0.15, -0.1) is 0 Å². The molecule has 0 amide bonds. The first-order valence-corrected chi connectivity index (χ1v) is 11.3. The van der Waals surface area contributed by atoms with Crippen LogP contribution in [0.2, 0.25) is 0 Å². The zero-order chi connectivity index (χ0) is 19.2. The van der Waals surface area contributed by atoms with Crippen molar-refractivity contribution in [2.45, 2.75) is 46.1 Å². The highest BCUT2D eigenvalue weighted by Gasteiger charge is 2.17. The average molecular weight is 490 g/mol. The van der Waals surface area contributed by atoms with E-state index in [-0.39, 0.29) is 0 Å². The van der Waals surface area contributed by atoms with Crippen LogP contribution in [0.1, 0.15) is 39.5 Å². The zero-order valence-corrected chi connectivity index (χ0v) is 19.1. The van der Waals surface area contributed by atoms with Crippen LogP contribution in [-0.4, -0.2) is 9.55 Å². The van der Waals surface area contributed by atoms with Crippen LogP contribution in [0.4, 0.5) is 0 Å². The topological polar surface area (TPSA) is 17.8 Å². The van der Waals surface area contributed by atoms with E-state index >= 15 is 0 Å². The van der Waals surface area contributed by atoms with Crippen molar-refractivity contribution in [2.75, 3.05) is 0 Å². The highest BCUT2D eigenvalue weighted by molar-refractivity contribution is 9.10. The summed E-state index contributed by atoms with van der Waals surface area (Å²) in [7, 11) is 0. The molecule has 0 N–H and O–H groups in total. The minimum atomic E-state index is 0.686. The van der Waals surface area contributed by atoms with Crippen molar-refractivity contribution >= 4 is 31.9 Å². The lowest BCUT2D eigenvalue weighted by Gasteiger charge is -2.18. The molecule has 4 heteroatoms. The fraction of sp³-hybridized carbons (Fsp3) is 0.348. The lowest BCUT2D eigenvalue weighted by atomic mass is 9.98. The standard InChI is InChI=1S/C23H26Br2N2/c1-3-5-6-17(4-2)15-27-16-26-22(18-7-11-20(24)12-8-18)23(27)19-9-13-21(25)14-10-19/h7-14,16-17H,3-6,15H2,1-2H3. The van der Waals surface area contributed by atoms with Crippen molar-refractivity contribution < 1.29 is 0 Å². The number of halogens is 2. The molecule has 1 atom stereocenters. The van der Waals surface area contributed by atoms with Gasteiger partial charge in [-0.3, -0.25) is 0 Å². The first-order valence-electron chi connectivity index (χ1n) is 9.69. The van der Waals surface area contributed by atoms with Gasteiger partial charge in [-0.2, -0.15) is 0 Å². The van der Waals surface area contributed by atoms with Gasteiger partial charge in [0, 0.05) is 26.6 Å². The molecule has 0 bridgehead atoms. The lowest BCUT2D eigenvalue weighted by molar-refractivity contribution is 0.392. The number of nitrogens with zero attached hydrogens (tertiary/aromatic N) is 2. The van der Waals surface area contributed by atoms with Crippen molar-refractivity contribution in [3.8, 4) is 22.5 Å². The Morgan fingerprint density at radius 1 is 0.889 bits per heavy atom. The van der Waals surface area contributed by atoms with E-state index in [1.807, 2.05) is 6.33 Å². The molecule has 27 heavy (non-hydrogen) atoms. The first-order chi connectivity index (χ1) is 13.1. The van der Waals surface area contributed by atoms with E-state index in [2.05, 4.69) is 98.8 Å². The molecule has 0 saturated carbocycles. The Morgan fingerprint density at radius 3 is 2.04 bits per heavy atom. The van der Waals surface area contributed by atoms with Crippen LogP contribution in [-0.2, 0) is 6.54 Å². The SMILES string of the molecule is CCCCC(CC)Cn1cnc(-c2ccc(Br)cc2)c1-c1ccc(Br)cc1. The summed E-state index contributed by atoms with van der Waals surface area (Å²) in [5.41, 5.74) is 4.62. The molecule has 1 aromatic heterocycles. The molecule has 142 valence electrons. The smallest absolute Gasteiger partial charge is 0.0963 e. The van der Waals surface area contributed by atoms with Crippen LogP contribution >= 0.6 is 31.9 Å². The van der Waals surface area contributed by atoms with Gasteiger partial charge >= 0.3 is 0 Å². The second-order valence-electron chi connectivity index (χ2n) is 7.02. The van der Waals surface area contributed by atoms with E-state index in [9.17, 15) is 0 Å². The van der Waals surface area contributed by atoms with Gasteiger partial charge in [-0.1, -0.05) is 89.2 Å². The van der Waals surface area contributed by atoms with Crippen LogP contribution in [0.15, 0.2) is 63.8 Å². The maximum atomic E-state index is 4.82. The lowest BCUT2D eigenvalue weighted by Crippen LogP contribution is -2.10. The fourth-order valence-corrected chi connectivity index (χ4v) is 3.97. The van der Waals surface area contributed by atoms with Crippen molar-refractivity contribution in [2.24, 2.45) is 5.92 Å². The van der Waals surface area contributed by atoms with Gasteiger partial charge in [-0.25, -0.2) is 4.98 Å². The third-order valence-corrected chi connectivity index (χ3v) is 6.13. The van der Waals surface area contributed by atoms with Gasteiger partial charge < -0.3 is 4.57 Å². The molecule has 0 aliphatic heterocycles. The molecule has 2 aromatic carbocycles. The maximum Gasteiger partial charge on any atom is 0.0963 e. The number of hydrogen-bond donors (Lipinski definition) is 0. The Hall–Kier alpha value is -1.39. The normalized spacial score (nSPS) is 12.3. The third kappa shape index (κ3) is 5.11. The Kier molecular flexibility index (Phi) is 7.31. The van der Waals surface area contributed by atoms with Gasteiger partial charge in [0.05, 0.1) is 17.7 Å². The fourth-order valence-electron chi connectivity index (χ4n) is 3.45. The van der Waals surface area contributed by atoms with Crippen molar-refractivity contribution in [3.63, 3.8) is 0 Å². The summed E-state index contributed by atoms with van der Waals surface area (Å²) in [5.74, 6) is 0.686. The summed E-state index contributed by atoms with van der Waals surface area (Å²) in [6.07, 6.45) is 7.04. The van der Waals surface area contributed by atoms with E-state index in [0.717, 1.165) is 26.7 Å². The maximum absolute atomic E-state index is 4.82. The van der Waals surface area contributed by atoms with Crippen LogP contribution in [0, 0.1) is 5.92 Å². The molecular weight excluding hydrogens is 464 g/mol. The van der Waals surface area contributed by atoms with Gasteiger partial charge in [0.1, 0.15) is 0 Å². The minimum absolute atomic E-state index is 0.686. The molecule has 0 spiro atoms. The molecule has 2 nitrogen and oxygen atoms in total. The Morgan fingerprint density at radius 2 is 1.48 bits per heavy atom. The number of hydrogen-bond acceptors (Lipinski definition) is 1. The minimum Gasteiger partial charge on any atom is -0.330 e. The predicted molar refractivity (Wildman–Crippen MR) is 122 cm³/mol. The summed E-state index contributed by atoms with van der Waals surface area (Å²) >= 11 is 7.08. The number of rotatable bonds is 8. The molecule has 0 radical (unpaired) electrons. The average Bonchev–Trinajstić information content (AvgIpc) is 3.09. The first kappa shape index (κ1) is 20.3. The number of benzene rings is 2. The van der Waals surface area contributed by atoms with E-state index in [4.69, 9.17) is 4.98 Å². The highest BCUT2D eigenvalue weighted by atomic mass is 79.9. The van der Waals surface area contributed by atoms with Gasteiger partial charge in [0.15, 0.2) is 0 Å². The monoisotopic (exact) mass is 488 g/mol. The number of imidazole rings is 1. The molecule has 0 aliphatic rings. The molecule has 1 unspecified atom stereocenters.